The lowest BCUT2D eigenvalue weighted by Crippen LogP contribution is -2.21. The zero-order valence-electron chi connectivity index (χ0n) is 11.3. The molecular weight excluding hydrogens is 232 g/mol. The van der Waals surface area contributed by atoms with Crippen LogP contribution >= 0.6 is 0 Å². The molecule has 1 aromatic heterocycles. The molecule has 6 heteroatoms. The first-order valence-electron chi connectivity index (χ1n) is 6.52. The van der Waals surface area contributed by atoms with Gasteiger partial charge in [0.05, 0.1) is 0 Å². The minimum absolute atomic E-state index is 0.0879. The molecule has 0 fully saturated rings. The molecule has 0 spiro atoms. The van der Waals surface area contributed by atoms with Crippen molar-refractivity contribution in [1.29, 1.82) is 0 Å². The smallest absolute Gasteiger partial charge is 0.362 e. The van der Waals surface area contributed by atoms with Crippen LogP contribution in [0.1, 0.15) is 46.0 Å². The van der Waals surface area contributed by atoms with Gasteiger partial charge in [0.25, 0.3) is 0 Å². The third kappa shape index (κ3) is 3.72. The summed E-state index contributed by atoms with van der Waals surface area (Å²) in [5.74, 6) is 0.421. The quantitative estimate of drug-likeness (QED) is 0.571. The van der Waals surface area contributed by atoms with Crippen molar-refractivity contribution in [3.05, 3.63) is 16.4 Å². The molecule has 0 bridgehead atoms. The highest BCUT2D eigenvalue weighted by Crippen LogP contribution is 2.24. The molecule has 1 unspecified atom stereocenters. The van der Waals surface area contributed by atoms with Crippen molar-refractivity contribution >= 4 is 11.6 Å². The monoisotopic (exact) mass is 254 g/mol. The van der Waals surface area contributed by atoms with Gasteiger partial charge in [-0.3, -0.25) is 4.57 Å². The number of nitro groups is 1. The Morgan fingerprint density at radius 3 is 2.72 bits per heavy atom. The Kier molecular flexibility index (Phi) is 5.61. The molecule has 6 nitrogen and oxygen atoms in total. The van der Waals surface area contributed by atoms with Gasteiger partial charge in [-0.05, 0) is 22.7 Å². The third-order valence-corrected chi connectivity index (χ3v) is 2.97. The highest BCUT2D eigenvalue weighted by molar-refractivity contribution is 5.52. The van der Waals surface area contributed by atoms with Crippen molar-refractivity contribution in [3.63, 3.8) is 0 Å². The first-order chi connectivity index (χ1) is 8.60. The van der Waals surface area contributed by atoms with Crippen LogP contribution < -0.4 is 5.32 Å². The lowest BCUT2D eigenvalue weighted by Gasteiger charge is -2.18. The van der Waals surface area contributed by atoms with E-state index in [-0.39, 0.29) is 11.9 Å². The summed E-state index contributed by atoms with van der Waals surface area (Å²) < 4.78 is 1.67. The number of aromatic nitrogens is 2. The summed E-state index contributed by atoms with van der Waals surface area (Å²) in [5.41, 5.74) is 0. The Hall–Kier alpha value is -1.59. The van der Waals surface area contributed by atoms with Crippen molar-refractivity contribution in [2.75, 3.05) is 5.32 Å². The highest BCUT2D eigenvalue weighted by atomic mass is 16.6. The second-order valence-corrected chi connectivity index (χ2v) is 4.56. The van der Waals surface area contributed by atoms with Crippen LogP contribution in [0.4, 0.5) is 11.6 Å². The van der Waals surface area contributed by atoms with E-state index in [1.807, 2.05) is 0 Å². The lowest BCUT2D eigenvalue weighted by molar-refractivity contribution is -0.388. The van der Waals surface area contributed by atoms with E-state index in [0.717, 1.165) is 32.1 Å². The maximum Gasteiger partial charge on any atom is 0.406 e. The standard InChI is InChI=1S/C12H22N4O2/c1-4-6-8-10(7-5-2)14-12-11(16(17)18)13-9-15(12)3/h9-10,14H,4-8H2,1-3H3. The molecule has 0 saturated carbocycles. The third-order valence-electron chi connectivity index (χ3n) is 2.97. The molecule has 0 aliphatic carbocycles. The summed E-state index contributed by atoms with van der Waals surface area (Å²) >= 11 is 0. The molecular formula is C12H22N4O2. The Morgan fingerprint density at radius 1 is 1.44 bits per heavy atom. The summed E-state index contributed by atoms with van der Waals surface area (Å²) in [6.45, 7) is 4.27. The molecule has 0 amide bonds. The molecule has 18 heavy (non-hydrogen) atoms. The summed E-state index contributed by atoms with van der Waals surface area (Å²) in [6.07, 6.45) is 6.85. The van der Waals surface area contributed by atoms with E-state index in [1.54, 1.807) is 11.6 Å². The predicted octanol–water partition coefficient (Wildman–Crippen LogP) is 3.10. The average Bonchev–Trinajstić information content (AvgIpc) is 2.68. The number of aryl methyl sites for hydroxylation is 1. The number of rotatable bonds is 8. The first-order valence-corrected chi connectivity index (χ1v) is 6.52. The SMILES string of the molecule is CCCCC(CCC)Nc1c([N+](=O)[O-])ncn1C. The van der Waals surface area contributed by atoms with Gasteiger partial charge in [-0.2, -0.15) is 0 Å². The van der Waals surface area contributed by atoms with Gasteiger partial charge in [-0.15, -0.1) is 0 Å². The molecule has 1 N–H and O–H groups in total. The maximum absolute atomic E-state index is 10.9. The molecule has 1 rings (SSSR count). The zero-order chi connectivity index (χ0) is 13.5. The number of unbranched alkanes of at least 4 members (excludes halogenated alkanes) is 1. The van der Waals surface area contributed by atoms with Gasteiger partial charge < -0.3 is 15.4 Å². The molecule has 0 radical (unpaired) electrons. The van der Waals surface area contributed by atoms with Crippen LogP contribution in [0.5, 0.6) is 0 Å². The zero-order valence-corrected chi connectivity index (χ0v) is 11.3. The molecule has 0 aliphatic heterocycles. The predicted molar refractivity (Wildman–Crippen MR) is 71.7 cm³/mol. The minimum Gasteiger partial charge on any atom is -0.362 e. The highest BCUT2D eigenvalue weighted by Gasteiger charge is 2.22. The van der Waals surface area contributed by atoms with Gasteiger partial charge in [0.1, 0.15) is 0 Å². The van der Waals surface area contributed by atoms with E-state index in [0.29, 0.717) is 5.82 Å². The normalized spacial score (nSPS) is 12.4. The van der Waals surface area contributed by atoms with Gasteiger partial charge in [0.2, 0.25) is 12.1 Å². The van der Waals surface area contributed by atoms with E-state index in [2.05, 4.69) is 24.1 Å². The number of imidazole rings is 1. The van der Waals surface area contributed by atoms with E-state index in [4.69, 9.17) is 0 Å². The second kappa shape index (κ2) is 6.98. The number of anilines is 1. The van der Waals surface area contributed by atoms with E-state index in [1.165, 1.54) is 6.33 Å². The number of hydrogen-bond donors (Lipinski definition) is 1. The fourth-order valence-electron chi connectivity index (χ4n) is 2.00. The maximum atomic E-state index is 10.9. The van der Waals surface area contributed by atoms with Gasteiger partial charge >= 0.3 is 5.82 Å². The van der Waals surface area contributed by atoms with Crippen molar-refractivity contribution in [2.24, 2.45) is 7.05 Å². The van der Waals surface area contributed by atoms with Crippen molar-refractivity contribution in [3.8, 4) is 0 Å². The van der Waals surface area contributed by atoms with Gasteiger partial charge in [-0.1, -0.05) is 33.1 Å². The first kappa shape index (κ1) is 14.5. The molecule has 0 saturated heterocycles. The fraction of sp³-hybridized carbons (Fsp3) is 0.750. The molecule has 0 aromatic carbocycles. The molecule has 0 aliphatic rings. The molecule has 102 valence electrons. The van der Waals surface area contributed by atoms with Crippen LogP contribution in [-0.4, -0.2) is 20.5 Å². The Labute approximate surface area is 108 Å². The number of nitrogens with zero attached hydrogens (tertiary/aromatic N) is 3. The summed E-state index contributed by atoms with van der Waals surface area (Å²) in [6, 6.07) is 0.282. The summed E-state index contributed by atoms with van der Waals surface area (Å²) in [4.78, 5) is 14.2. The second-order valence-electron chi connectivity index (χ2n) is 4.56. The number of nitrogens with one attached hydrogen (secondary N) is 1. The van der Waals surface area contributed by atoms with Gasteiger partial charge in [0, 0.05) is 13.1 Å². The van der Waals surface area contributed by atoms with Crippen molar-refractivity contribution < 1.29 is 4.92 Å². The van der Waals surface area contributed by atoms with Crippen LogP contribution in [0.3, 0.4) is 0 Å². The van der Waals surface area contributed by atoms with Crippen LogP contribution in [0, 0.1) is 10.1 Å². The number of hydrogen-bond acceptors (Lipinski definition) is 4. The Balaban J connectivity index is 2.78. The van der Waals surface area contributed by atoms with E-state index < -0.39 is 4.92 Å². The fourth-order valence-corrected chi connectivity index (χ4v) is 2.00. The van der Waals surface area contributed by atoms with Crippen LogP contribution in [0.25, 0.3) is 0 Å². The van der Waals surface area contributed by atoms with Crippen LogP contribution in [0.15, 0.2) is 6.33 Å². The topological polar surface area (TPSA) is 73.0 Å². The summed E-state index contributed by atoms with van der Waals surface area (Å²) in [7, 11) is 1.77. The summed E-state index contributed by atoms with van der Waals surface area (Å²) in [5, 5.41) is 14.1. The Morgan fingerprint density at radius 2 is 2.17 bits per heavy atom. The van der Waals surface area contributed by atoms with E-state index in [9.17, 15) is 10.1 Å². The largest absolute Gasteiger partial charge is 0.406 e. The van der Waals surface area contributed by atoms with Gasteiger partial charge in [-0.25, -0.2) is 0 Å². The average molecular weight is 254 g/mol. The van der Waals surface area contributed by atoms with Gasteiger partial charge in [0.15, 0.2) is 0 Å². The van der Waals surface area contributed by atoms with E-state index >= 15 is 0 Å². The lowest BCUT2D eigenvalue weighted by atomic mass is 10.1. The Bertz CT molecular complexity index is 389. The molecule has 1 heterocycles. The van der Waals surface area contributed by atoms with Crippen LogP contribution in [0.2, 0.25) is 0 Å². The minimum atomic E-state index is -0.439. The van der Waals surface area contributed by atoms with Crippen molar-refractivity contribution in [1.82, 2.24) is 9.55 Å². The molecule has 1 atom stereocenters. The van der Waals surface area contributed by atoms with Crippen molar-refractivity contribution in [2.45, 2.75) is 52.0 Å². The molecule has 1 aromatic rings. The van der Waals surface area contributed by atoms with Crippen LogP contribution in [-0.2, 0) is 7.05 Å².